The first kappa shape index (κ1) is 132. The molecule has 7 aliphatic rings. The van der Waals surface area contributed by atoms with Crippen molar-refractivity contribution in [3.05, 3.63) is 25.3 Å². The second-order valence-electron chi connectivity index (χ2n) is 42.7. The largest absolute Gasteiger partial charge is 0.492 e. The van der Waals surface area contributed by atoms with Crippen LogP contribution in [0.4, 0.5) is 0 Å². The van der Waals surface area contributed by atoms with Gasteiger partial charge in [-0.1, -0.05) is 58.1 Å². The Balaban J connectivity index is 1.15. The van der Waals surface area contributed by atoms with E-state index in [0.29, 0.717) is 109 Å². The van der Waals surface area contributed by atoms with Gasteiger partial charge in [0.25, 0.3) is 0 Å². The molecule has 0 aromatic heterocycles. The monoisotopic (exact) mass is 2350 g/mol. The number of aliphatic hydroxyl groups is 2. The zero-order valence-electron chi connectivity index (χ0n) is 86.0. The van der Waals surface area contributed by atoms with Crippen molar-refractivity contribution < 1.29 is 223 Å². The summed E-state index contributed by atoms with van der Waals surface area (Å²) in [5.41, 5.74) is 0. The van der Waals surface area contributed by atoms with Crippen LogP contribution in [-0.2, 0) is 87.9 Å². The summed E-state index contributed by atoms with van der Waals surface area (Å²) in [6.45, 7) is 20.5. The number of hydrogen-bond acceptors (Lipinski definition) is 48. The minimum atomic E-state index is -5.20. The van der Waals surface area contributed by atoms with Crippen LogP contribution in [-0.4, -0.2) is 397 Å². The van der Waals surface area contributed by atoms with Gasteiger partial charge in [0.15, 0.2) is 6.29 Å². The number of unbranched alkanes of at least 4 members (excludes halogenated alkanes) is 1. The van der Waals surface area contributed by atoms with Crippen molar-refractivity contribution in [1.82, 2.24) is 0 Å². The lowest BCUT2D eigenvalue weighted by Crippen LogP contribution is -2.66. The quantitative estimate of drug-likeness (QED) is 0.0204. The van der Waals surface area contributed by atoms with Gasteiger partial charge in [-0.3, -0.25) is 0 Å². The van der Waals surface area contributed by atoms with E-state index in [-0.39, 0.29) is 167 Å². The van der Waals surface area contributed by atoms with Gasteiger partial charge in [0.2, 0.25) is 0 Å². The average Bonchev–Trinajstić information content (AvgIpc) is 0.773. The number of fused-ring (bicyclic) bond motifs is 7. The molecule has 2 heterocycles. The standard InChI is InChI=1S/C80H176O48Si16/c1-17-20-39-140(105,106)125-136(15,97)127-143(121-132(11,89)90,122-133(12,91)92)42-25-35-112-55-71-76(117-80-79(113-34-19-3)78(110-7)77(109-6)72(116-80)56-111-33-18-2)57(4)75(58(5)115-71)114-36-26-43-144(123-134(13,93)94,124-135(14,95)96)128-137(16,98)126-141(107,108)40-23-29-59-44-62-46-63(45-59)51-68-49-61(28-22-38-139(102,103)104)52-70(74(68)82)66(30-24-41-142(118-129(8,83)84,119-130(9,85)86)120-131(10,87)88)53-64-31-32-65(64)54-69-48-60(27-21-37-138(99,100)101)47-67(50-62)73(69)81/h18-19,57-108H,2-3,17,20-56H2,1,4-16H3/t57-,58+,59?,60?,61?,62?,63?,64?,65?,66?,67?,68?,69?,70?,71-,72-,73?,74?,75-,76+,77-,78+,79-,80+,136?,137?/m1/s1. The third-order valence-electron chi connectivity index (χ3n) is 27.8. The van der Waals surface area contributed by atoms with E-state index < -0.39 is 238 Å². The fourth-order valence-electron chi connectivity index (χ4n) is 23.0. The minimum Gasteiger partial charge on any atom is -0.393 e. The van der Waals surface area contributed by atoms with Gasteiger partial charge >= 0.3 is 141 Å². The van der Waals surface area contributed by atoms with Crippen LogP contribution in [0.2, 0.25) is 101 Å². The number of hydrogen-bond donors (Lipinski definition) is 28. The summed E-state index contributed by atoms with van der Waals surface area (Å²) in [4.78, 5) is 284. The first-order chi connectivity index (χ1) is 66.1. The Morgan fingerprint density at radius 1 is 0.340 bits per heavy atom. The average molecular weight is 2360 g/mol. The smallest absolute Gasteiger partial charge is 0.393 e. The summed E-state index contributed by atoms with van der Waals surface area (Å²) in [6.07, 6.45) is 3.51. The Kier molecular flexibility index (Phi) is 51.5. The number of rotatable bonds is 63. The highest BCUT2D eigenvalue weighted by Crippen LogP contribution is 2.55. The zero-order valence-corrected chi connectivity index (χ0v) is 102. The van der Waals surface area contributed by atoms with Gasteiger partial charge in [0.05, 0.1) is 56.9 Å². The third kappa shape index (κ3) is 47.3. The highest BCUT2D eigenvalue weighted by atomic mass is 28.6. The highest BCUT2D eigenvalue weighted by Gasteiger charge is 2.64. The summed E-state index contributed by atoms with van der Waals surface area (Å²) >= 11 is 0. The molecule has 16 unspecified atom stereocenters. The molecule has 64 heteroatoms. The normalized spacial score (nSPS) is 31.1. The van der Waals surface area contributed by atoms with Crippen LogP contribution >= 0.6 is 0 Å². The molecule has 0 spiro atoms. The van der Waals surface area contributed by atoms with Gasteiger partial charge in [-0.25, -0.2) is 0 Å². The molecule has 7 fully saturated rings. The number of aliphatic hydroxyl groups excluding tert-OH is 2. The maximum atomic E-state index is 13.2. The van der Waals surface area contributed by atoms with Crippen LogP contribution in [0, 0.1) is 76.9 Å². The maximum absolute atomic E-state index is 13.2. The van der Waals surface area contributed by atoms with Gasteiger partial charge in [-0.05, 0) is 206 Å². The van der Waals surface area contributed by atoms with E-state index in [1.54, 1.807) is 26.8 Å². The summed E-state index contributed by atoms with van der Waals surface area (Å²) < 4.78 is 121. The topological polar surface area (TPSA) is 751 Å². The van der Waals surface area contributed by atoms with Crippen molar-refractivity contribution in [2.24, 2.45) is 76.9 Å². The molecule has 48 nitrogen and oxygen atoms in total. The molecule has 0 aromatic rings. The van der Waals surface area contributed by atoms with Crippen molar-refractivity contribution in [2.75, 3.05) is 53.9 Å². The predicted molar refractivity (Wildman–Crippen MR) is 543 cm³/mol. The van der Waals surface area contributed by atoms with Gasteiger partial charge < -0.3 is 223 Å². The molecule has 848 valence electrons. The fourth-order valence-corrected chi connectivity index (χ4v) is 64.0. The Morgan fingerprint density at radius 2 is 0.729 bits per heavy atom. The van der Waals surface area contributed by atoms with Crippen molar-refractivity contribution in [3.8, 4) is 0 Å². The van der Waals surface area contributed by atoms with Gasteiger partial charge in [-0.15, -0.1) is 13.2 Å². The van der Waals surface area contributed by atoms with Crippen molar-refractivity contribution >= 4 is 141 Å². The minimum absolute atomic E-state index is 0.0252. The Labute approximate surface area is 864 Å². The predicted octanol–water partition coefficient (Wildman–Crippen LogP) is -0.645. The van der Waals surface area contributed by atoms with E-state index in [0.717, 1.165) is 71.8 Å². The van der Waals surface area contributed by atoms with E-state index >= 15 is 0 Å². The first-order valence-electron chi connectivity index (χ1n) is 50.6. The molecule has 5 aliphatic carbocycles. The molecule has 2 aliphatic heterocycles. The molecule has 0 amide bonds. The van der Waals surface area contributed by atoms with Crippen LogP contribution in [0.1, 0.15) is 181 Å². The lowest BCUT2D eigenvalue weighted by atomic mass is 9.57. The van der Waals surface area contributed by atoms with Crippen molar-refractivity contribution in [3.63, 3.8) is 0 Å². The lowest BCUT2D eigenvalue weighted by Gasteiger charge is -2.50. The molecule has 6 bridgehead atoms. The Morgan fingerprint density at radius 3 is 1.17 bits per heavy atom. The molecule has 26 atom stereocenters. The Bertz CT molecular complexity index is 3660. The second kappa shape index (κ2) is 56.2. The highest BCUT2D eigenvalue weighted by molar-refractivity contribution is 6.87. The van der Waals surface area contributed by atoms with Crippen molar-refractivity contribution in [1.29, 1.82) is 0 Å². The summed E-state index contributed by atoms with van der Waals surface area (Å²) in [7, 11) is -74.4. The number of methoxy groups -OCH3 is 2. The van der Waals surface area contributed by atoms with Crippen LogP contribution < -0.4 is 0 Å². The lowest BCUT2D eigenvalue weighted by molar-refractivity contribution is -0.347. The molecule has 0 aromatic carbocycles. The SMILES string of the molecule is C=CCOC[C@H]1O[C@@H](O[C@H]2[C@H](C)[C@@H](OCCC[Si](O[Si](C)(O)O)(O[Si](C)(O)O)O[Si](C)(O)O[Si](O)(O)CCCC3CC4CC(C3)CC3CC(CCC[Si](O)(O)O)CC(C(CCC[Si](O[Si](C)(O)O)(O[Si](C)(O)O)O[Si](C)(O)O)CC5CCC5CC5CC(CCC[Si](O)(O)O)CC(C4)C5O)C3O)[C@H](C)O[C@@H]2COCCC[Si](O[Si](C)(O)O)(O[Si](C)(O)O)O[Si](C)(O)O[Si](O)(O)CCCC)[C@H](OCC=C)[C@@H](OC)[C@@H]1OC. The van der Waals surface area contributed by atoms with Gasteiger partial charge in [0.1, 0.15) is 30.5 Å². The van der Waals surface area contributed by atoms with E-state index in [2.05, 4.69) is 13.2 Å². The number of ether oxygens (including phenoxy) is 9. The van der Waals surface area contributed by atoms with Crippen molar-refractivity contribution in [2.45, 2.75) is 350 Å². The van der Waals surface area contributed by atoms with Crippen LogP contribution in [0.25, 0.3) is 0 Å². The van der Waals surface area contributed by atoms with E-state index in [9.17, 15) is 135 Å². The third-order valence-corrected chi connectivity index (χ3v) is 65.4. The van der Waals surface area contributed by atoms with E-state index in [4.69, 9.17) is 87.9 Å². The molecule has 7 rings (SSSR count). The molecule has 144 heavy (non-hydrogen) atoms. The van der Waals surface area contributed by atoms with E-state index in [1.807, 2.05) is 0 Å². The van der Waals surface area contributed by atoms with Crippen LogP contribution in [0.3, 0.4) is 0 Å². The van der Waals surface area contributed by atoms with Crippen LogP contribution in [0.15, 0.2) is 25.3 Å². The summed E-state index contributed by atoms with van der Waals surface area (Å²) in [6, 6.07) is -2.49. The van der Waals surface area contributed by atoms with E-state index in [1.165, 1.54) is 20.3 Å². The first-order valence-corrected chi connectivity index (χ1v) is 85.2. The second-order valence-corrected chi connectivity index (χ2v) is 82.0. The molecular formula is C80H176O48Si16. The Hall–Kier alpha value is 1.03. The van der Waals surface area contributed by atoms with Crippen LogP contribution in [0.5, 0.6) is 0 Å². The summed E-state index contributed by atoms with van der Waals surface area (Å²) in [5.74, 6) is -2.28. The molecular weight excluding hydrogens is 2180 g/mol. The summed E-state index contributed by atoms with van der Waals surface area (Å²) in [5, 5.41) is 26.0. The molecule has 5 saturated carbocycles. The fraction of sp³-hybridized carbons (Fsp3) is 0.950. The molecule has 0 radical (unpaired) electrons. The maximum Gasteiger partial charge on any atom is 0.492 e. The molecule has 2 saturated heterocycles. The molecule has 28 N–H and O–H groups in total. The van der Waals surface area contributed by atoms with Gasteiger partial charge in [-0.2, -0.15) is 0 Å². The zero-order chi connectivity index (χ0) is 108. The van der Waals surface area contributed by atoms with Gasteiger partial charge in [0, 0.05) is 135 Å².